The van der Waals surface area contributed by atoms with Crippen LogP contribution in [0.5, 0.6) is 5.75 Å². The molecular weight excluding hydrogens is 561 g/mol. The number of rotatable bonds is 8. The number of aromatic nitrogens is 1. The third kappa shape index (κ3) is 6.48. The highest BCUT2D eigenvalue weighted by atomic mass is 35.5. The summed E-state index contributed by atoms with van der Waals surface area (Å²) in [6, 6.07) is 7.99. The molecule has 0 spiro atoms. The molecule has 3 atom stereocenters. The number of aliphatic hydroxyl groups is 1. The molecule has 1 saturated heterocycles. The summed E-state index contributed by atoms with van der Waals surface area (Å²) in [5.74, 6) is 0.772. The standard InChI is InChI=1S/C30H34ClF3N2O3S/c31-20-10-12-26(38)23(16-20)27-22-15-19(30(32,33)34)9-11-24(22)35-29(39)28(27)40-17-21(37)7-4-14-36-13-3-6-18-5-1-2-8-25(18)36/h9-12,15-16,18,21,25,37-38H,1-8,13-14,17H2,(H,35,39). The first-order valence-electron chi connectivity index (χ1n) is 13.9. The maximum Gasteiger partial charge on any atom is 0.416 e. The van der Waals surface area contributed by atoms with Gasteiger partial charge in [-0.25, -0.2) is 0 Å². The van der Waals surface area contributed by atoms with Crippen LogP contribution in [0.15, 0.2) is 46.1 Å². The maximum absolute atomic E-state index is 13.6. The molecule has 5 nitrogen and oxygen atoms in total. The highest BCUT2D eigenvalue weighted by Crippen LogP contribution is 2.42. The van der Waals surface area contributed by atoms with Crippen molar-refractivity contribution in [2.75, 3.05) is 18.8 Å². The van der Waals surface area contributed by atoms with Crippen LogP contribution in [0.25, 0.3) is 22.0 Å². The van der Waals surface area contributed by atoms with Gasteiger partial charge >= 0.3 is 6.18 Å². The maximum atomic E-state index is 13.6. The molecule has 0 bridgehead atoms. The Morgan fingerprint density at radius 2 is 1.88 bits per heavy atom. The Balaban J connectivity index is 1.37. The van der Waals surface area contributed by atoms with E-state index in [1.807, 2.05) is 0 Å². The number of H-pyrrole nitrogens is 1. The Morgan fingerprint density at radius 1 is 1.10 bits per heavy atom. The van der Waals surface area contributed by atoms with Crippen molar-refractivity contribution in [3.05, 3.63) is 57.3 Å². The number of pyridine rings is 1. The number of hydrogen-bond donors (Lipinski definition) is 3. The van der Waals surface area contributed by atoms with E-state index in [9.17, 15) is 28.2 Å². The second kappa shape index (κ2) is 12.3. The number of alkyl halides is 3. The van der Waals surface area contributed by atoms with Crippen molar-refractivity contribution in [3.63, 3.8) is 0 Å². The molecule has 2 aliphatic rings. The van der Waals surface area contributed by atoms with E-state index < -0.39 is 23.4 Å². The Kier molecular flexibility index (Phi) is 9.05. The molecule has 3 N–H and O–H groups in total. The number of thioether (sulfide) groups is 1. The van der Waals surface area contributed by atoms with E-state index >= 15 is 0 Å². The van der Waals surface area contributed by atoms with Crippen LogP contribution in [-0.4, -0.2) is 51.1 Å². The van der Waals surface area contributed by atoms with Gasteiger partial charge < -0.3 is 20.1 Å². The van der Waals surface area contributed by atoms with E-state index in [0.29, 0.717) is 12.5 Å². The van der Waals surface area contributed by atoms with Gasteiger partial charge in [-0.15, -0.1) is 11.8 Å². The van der Waals surface area contributed by atoms with Gasteiger partial charge in [-0.2, -0.15) is 13.2 Å². The number of benzene rings is 2. The molecule has 0 amide bonds. The fraction of sp³-hybridized carbons (Fsp3) is 0.500. The Labute approximate surface area is 240 Å². The lowest BCUT2D eigenvalue weighted by Crippen LogP contribution is -2.47. The Hall–Kier alpha value is -2.20. The second-order valence-electron chi connectivity index (χ2n) is 11.0. The lowest BCUT2D eigenvalue weighted by Gasteiger charge is -2.44. The normalized spacial score (nSPS) is 20.9. The van der Waals surface area contributed by atoms with E-state index in [0.717, 1.165) is 49.3 Å². The fourth-order valence-corrected chi connectivity index (χ4v) is 7.61. The molecule has 1 aliphatic heterocycles. The highest BCUT2D eigenvalue weighted by Gasteiger charge is 2.33. The van der Waals surface area contributed by atoms with Crippen LogP contribution < -0.4 is 5.56 Å². The SMILES string of the molecule is O=c1[nH]c2ccc(C(F)(F)F)cc2c(-c2cc(Cl)ccc2O)c1SCC(O)CCCN1CCCC2CCCCC21. The van der Waals surface area contributed by atoms with Gasteiger partial charge in [-0.3, -0.25) is 4.79 Å². The minimum Gasteiger partial charge on any atom is -0.507 e. The number of nitrogens with zero attached hydrogens (tertiary/aromatic N) is 1. The van der Waals surface area contributed by atoms with Gasteiger partial charge in [0, 0.05) is 38.8 Å². The topological polar surface area (TPSA) is 76.6 Å². The van der Waals surface area contributed by atoms with Crippen LogP contribution in [0.3, 0.4) is 0 Å². The number of piperidine rings is 1. The fourth-order valence-electron chi connectivity index (χ4n) is 6.36. The first-order chi connectivity index (χ1) is 19.1. The van der Waals surface area contributed by atoms with E-state index in [2.05, 4.69) is 9.88 Å². The van der Waals surface area contributed by atoms with Crippen molar-refractivity contribution in [1.29, 1.82) is 0 Å². The van der Waals surface area contributed by atoms with Crippen molar-refractivity contribution in [1.82, 2.24) is 9.88 Å². The minimum absolute atomic E-state index is 0.129. The molecule has 3 aromatic rings. The third-order valence-corrected chi connectivity index (χ3v) is 9.75. The number of aliphatic hydroxyl groups excluding tert-OH is 1. The van der Waals surface area contributed by atoms with Crippen molar-refractivity contribution in [2.24, 2.45) is 5.92 Å². The number of aromatic amines is 1. The molecule has 3 unspecified atom stereocenters. The average molecular weight is 595 g/mol. The summed E-state index contributed by atoms with van der Waals surface area (Å²) < 4.78 is 40.8. The molecule has 0 radical (unpaired) electrons. The molecular formula is C30H34ClF3N2O3S. The number of nitrogens with one attached hydrogen (secondary N) is 1. The average Bonchev–Trinajstić information content (AvgIpc) is 2.92. The molecule has 216 valence electrons. The summed E-state index contributed by atoms with van der Waals surface area (Å²) in [4.78, 5) is 18.6. The van der Waals surface area contributed by atoms with Gasteiger partial charge in [-0.1, -0.05) is 24.4 Å². The highest BCUT2D eigenvalue weighted by molar-refractivity contribution is 7.99. The zero-order valence-electron chi connectivity index (χ0n) is 22.1. The quantitative estimate of drug-likeness (QED) is 0.236. The van der Waals surface area contributed by atoms with Crippen molar-refractivity contribution < 1.29 is 23.4 Å². The Bertz CT molecular complexity index is 1410. The number of fused-ring (bicyclic) bond motifs is 2. The number of aromatic hydroxyl groups is 1. The third-order valence-electron chi connectivity index (χ3n) is 8.29. The van der Waals surface area contributed by atoms with Crippen LogP contribution in [0.4, 0.5) is 13.2 Å². The molecule has 2 fully saturated rings. The van der Waals surface area contributed by atoms with Gasteiger partial charge in [0.1, 0.15) is 5.75 Å². The van der Waals surface area contributed by atoms with E-state index in [-0.39, 0.29) is 43.5 Å². The molecule has 40 heavy (non-hydrogen) atoms. The monoisotopic (exact) mass is 594 g/mol. The zero-order chi connectivity index (χ0) is 28.4. The minimum atomic E-state index is -4.59. The number of hydrogen-bond acceptors (Lipinski definition) is 5. The summed E-state index contributed by atoms with van der Waals surface area (Å²) in [6.45, 7) is 2.03. The molecule has 2 heterocycles. The first-order valence-corrected chi connectivity index (χ1v) is 15.3. The summed E-state index contributed by atoms with van der Waals surface area (Å²) in [6.07, 6.45) is 3.81. The van der Waals surface area contributed by atoms with Gasteiger partial charge in [0.15, 0.2) is 0 Å². The van der Waals surface area contributed by atoms with Crippen molar-refractivity contribution in [3.8, 4) is 16.9 Å². The van der Waals surface area contributed by atoms with Crippen LogP contribution >= 0.6 is 23.4 Å². The van der Waals surface area contributed by atoms with Crippen molar-refractivity contribution >= 4 is 34.3 Å². The predicted molar refractivity (Wildman–Crippen MR) is 154 cm³/mol. The van der Waals surface area contributed by atoms with E-state index in [4.69, 9.17) is 11.6 Å². The second-order valence-corrected chi connectivity index (χ2v) is 12.4. The smallest absolute Gasteiger partial charge is 0.416 e. The summed E-state index contributed by atoms with van der Waals surface area (Å²) in [5.41, 5.74) is -0.843. The molecule has 1 saturated carbocycles. The molecule has 1 aromatic heterocycles. The first kappa shape index (κ1) is 29.3. The van der Waals surface area contributed by atoms with Gasteiger partial charge in [0.2, 0.25) is 0 Å². The van der Waals surface area contributed by atoms with E-state index in [1.165, 1.54) is 62.8 Å². The summed E-state index contributed by atoms with van der Waals surface area (Å²) >= 11 is 7.26. The van der Waals surface area contributed by atoms with Crippen LogP contribution in [-0.2, 0) is 6.18 Å². The lowest BCUT2D eigenvalue weighted by molar-refractivity contribution is -0.137. The largest absolute Gasteiger partial charge is 0.507 e. The number of likely N-dealkylation sites (tertiary alicyclic amines) is 1. The molecule has 1 aliphatic carbocycles. The zero-order valence-corrected chi connectivity index (χ0v) is 23.7. The van der Waals surface area contributed by atoms with Crippen molar-refractivity contribution in [2.45, 2.75) is 74.6 Å². The van der Waals surface area contributed by atoms with Crippen LogP contribution in [0.1, 0.15) is 56.9 Å². The molecule has 2 aromatic carbocycles. The van der Waals surface area contributed by atoms with E-state index in [1.54, 1.807) is 0 Å². The van der Waals surface area contributed by atoms with Gasteiger partial charge in [-0.05, 0) is 93.9 Å². The number of phenolic OH excluding ortho intramolecular Hbond substituents is 1. The Morgan fingerprint density at radius 3 is 2.67 bits per heavy atom. The number of halogens is 4. The van der Waals surface area contributed by atoms with Crippen LogP contribution in [0, 0.1) is 5.92 Å². The predicted octanol–water partition coefficient (Wildman–Crippen LogP) is 7.46. The van der Waals surface area contributed by atoms with Crippen LogP contribution in [0.2, 0.25) is 5.02 Å². The summed E-state index contributed by atoms with van der Waals surface area (Å²) in [5, 5.41) is 21.9. The van der Waals surface area contributed by atoms with Gasteiger partial charge in [0.05, 0.1) is 16.6 Å². The number of phenols is 1. The summed E-state index contributed by atoms with van der Waals surface area (Å²) in [7, 11) is 0. The molecule has 5 rings (SSSR count). The van der Waals surface area contributed by atoms with Gasteiger partial charge in [0.25, 0.3) is 5.56 Å². The lowest BCUT2D eigenvalue weighted by atomic mass is 9.78. The molecule has 10 heteroatoms.